The maximum absolute atomic E-state index is 12.9. The fourth-order valence-electron chi connectivity index (χ4n) is 3.68. The molecule has 2 aliphatic heterocycles. The SMILES string of the molecule is Cc1ccc(C(=O)N2CCC(n3cnnc3)CC2)cc1N1CCNC1=O. The monoisotopic (exact) mass is 354 g/mol. The molecule has 1 aromatic carbocycles. The first kappa shape index (κ1) is 16.6. The van der Waals surface area contributed by atoms with Crippen molar-refractivity contribution >= 4 is 17.6 Å². The molecular weight excluding hydrogens is 332 g/mol. The first-order chi connectivity index (χ1) is 12.6. The molecule has 1 N–H and O–H groups in total. The van der Waals surface area contributed by atoms with Crippen molar-refractivity contribution in [1.82, 2.24) is 25.0 Å². The molecule has 2 saturated heterocycles. The van der Waals surface area contributed by atoms with E-state index in [9.17, 15) is 9.59 Å². The van der Waals surface area contributed by atoms with Gasteiger partial charge in [-0.25, -0.2) is 4.79 Å². The van der Waals surface area contributed by atoms with Crippen molar-refractivity contribution in [3.8, 4) is 0 Å². The third-order valence-electron chi connectivity index (χ3n) is 5.21. The minimum Gasteiger partial charge on any atom is -0.338 e. The number of rotatable bonds is 3. The second-order valence-corrected chi connectivity index (χ2v) is 6.82. The highest BCUT2D eigenvalue weighted by Gasteiger charge is 2.27. The number of carbonyl (C=O) groups is 2. The summed E-state index contributed by atoms with van der Waals surface area (Å²) < 4.78 is 2.01. The van der Waals surface area contributed by atoms with Crippen LogP contribution in [0.4, 0.5) is 10.5 Å². The fraction of sp³-hybridized carbons (Fsp3) is 0.444. The normalized spacial score (nSPS) is 18.3. The summed E-state index contributed by atoms with van der Waals surface area (Å²) in [4.78, 5) is 28.5. The van der Waals surface area contributed by atoms with Crippen LogP contribution in [0.3, 0.4) is 0 Å². The number of benzene rings is 1. The predicted octanol–water partition coefficient (Wildman–Crippen LogP) is 1.59. The van der Waals surface area contributed by atoms with Crippen LogP contribution in [-0.4, -0.2) is 57.8 Å². The number of aromatic nitrogens is 3. The quantitative estimate of drug-likeness (QED) is 0.907. The van der Waals surface area contributed by atoms with Crippen LogP contribution in [-0.2, 0) is 0 Å². The number of amides is 3. The molecule has 2 aromatic rings. The van der Waals surface area contributed by atoms with Crippen LogP contribution in [0.15, 0.2) is 30.9 Å². The average molecular weight is 354 g/mol. The number of likely N-dealkylation sites (tertiary alicyclic amines) is 1. The van der Waals surface area contributed by atoms with Gasteiger partial charge < -0.3 is 14.8 Å². The third-order valence-corrected chi connectivity index (χ3v) is 5.21. The van der Waals surface area contributed by atoms with Gasteiger partial charge in [-0.1, -0.05) is 6.07 Å². The van der Waals surface area contributed by atoms with E-state index in [1.54, 1.807) is 17.6 Å². The molecule has 2 fully saturated rings. The smallest absolute Gasteiger partial charge is 0.322 e. The first-order valence-corrected chi connectivity index (χ1v) is 8.93. The highest BCUT2D eigenvalue weighted by Crippen LogP contribution is 2.26. The summed E-state index contributed by atoms with van der Waals surface area (Å²) in [5.74, 6) is 0.0214. The van der Waals surface area contributed by atoms with Crippen LogP contribution in [0.1, 0.15) is 34.8 Å². The molecule has 0 unspecified atom stereocenters. The van der Waals surface area contributed by atoms with Gasteiger partial charge in [0.1, 0.15) is 12.7 Å². The minimum atomic E-state index is -0.104. The highest BCUT2D eigenvalue weighted by molar-refractivity contribution is 5.99. The van der Waals surface area contributed by atoms with Gasteiger partial charge >= 0.3 is 6.03 Å². The second kappa shape index (κ2) is 6.78. The number of piperidine rings is 1. The van der Waals surface area contributed by atoms with E-state index in [1.807, 2.05) is 34.6 Å². The van der Waals surface area contributed by atoms with E-state index in [2.05, 4.69) is 15.5 Å². The topological polar surface area (TPSA) is 83.4 Å². The maximum atomic E-state index is 12.9. The Labute approximate surface area is 151 Å². The standard InChI is InChI=1S/C18H22N6O2/c1-13-2-3-14(10-16(13)24-9-6-19-18(24)26)17(25)22-7-4-15(5-8-22)23-11-20-21-12-23/h2-3,10-12,15H,4-9H2,1H3,(H,19,26). The van der Waals surface area contributed by atoms with Crippen LogP contribution < -0.4 is 10.2 Å². The van der Waals surface area contributed by atoms with E-state index in [4.69, 9.17) is 0 Å². The predicted molar refractivity (Wildman–Crippen MR) is 96.1 cm³/mol. The van der Waals surface area contributed by atoms with Crippen LogP contribution in [0, 0.1) is 6.92 Å². The summed E-state index contributed by atoms with van der Waals surface area (Å²) in [7, 11) is 0. The number of carbonyl (C=O) groups excluding carboxylic acids is 2. The lowest BCUT2D eigenvalue weighted by atomic mass is 10.0. The summed E-state index contributed by atoms with van der Waals surface area (Å²) in [6.07, 6.45) is 5.24. The van der Waals surface area contributed by atoms with E-state index in [0.29, 0.717) is 37.8 Å². The van der Waals surface area contributed by atoms with Crippen molar-refractivity contribution in [2.24, 2.45) is 0 Å². The molecule has 0 radical (unpaired) electrons. The number of anilines is 1. The van der Waals surface area contributed by atoms with Crippen LogP contribution >= 0.6 is 0 Å². The second-order valence-electron chi connectivity index (χ2n) is 6.82. The van der Waals surface area contributed by atoms with Crippen LogP contribution in [0.2, 0.25) is 0 Å². The molecule has 0 saturated carbocycles. The van der Waals surface area contributed by atoms with Gasteiger partial charge in [0, 0.05) is 43.5 Å². The summed E-state index contributed by atoms with van der Waals surface area (Å²) >= 11 is 0. The maximum Gasteiger partial charge on any atom is 0.322 e. The Morgan fingerprint density at radius 2 is 1.88 bits per heavy atom. The Kier molecular flexibility index (Phi) is 4.32. The zero-order valence-corrected chi connectivity index (χ0v) is 14.8. The molecule has 1 aromatic heterocycles. The Balaban J connectivity index is 1.48. The average Bonchev–Trinajstić information content (AvgIpc) is 3.34. The zero-order chi connectivity index (χ0) is 18.1. The van der Waals surface area contributed by atoms with Crippen molar-refractivity contribution in [2.45, 2.75) is 25.8 Å². The molecule has 8 nitrogen and oxygen atoms in total. The lowest BCUT2D eigenvalue weighted by Gasteiger charge is -2.32. The zero-order valence-electron chi connectivity index (χ0n) is 14.8. The molecule has 0 spiro atoms. The molecule has 4 rings (SSSR count). The Morgan fingerprint density at radius 3 is 2.54 bits per heavy atom. The molecule has 8 heteroatoms. The summed E-state index contributed by atoms with van der Waals surface area (Å²) in [5.41, 5.74) is 2.43. The Bertz CT molecular complexity index is 811. The van der Waals surface area contributed by atoms with Gasteiger partial charge in [-0.05, 0) is 37.5 Å². The molecule has 26 heavy (non-hydrogen) atoms. The van der Waals surface area contributed by atoms with Gasteiger partial charge in [0.25, 0.3) is 5.91 Å². The molecular formula is C18H22N6O2. The number of aryl methyl sites for hydroxylation is 1. The number of nitrogens with one attached hydrogen (secondary N) is 1. The molecule has 0 aliphatic carbocycles. The minimum absolute atomic E-state index is 0.0214. The van der Waals surface area contributed by atoms with Crippen LogP contribution in [0.25, 0.3) is 0 Å². The van der Waals surface area contributed by atoms with Gasteiger partial charge in [-0.15, -0.1) is 10.2 Å². The van der Waals surface area contributed by atoms with Crippen molar-refractivity contribution < 1.29 is 9.59 Å². The van der Waals surface area contributed by atoms with Gasteiger partial charge in [0.05, 0.1) is 0 Å². The van der Waals surface area contributed by atoms with Gasteiger partial charge in [0.15, 0.2) is 0 Å². The van der Waals surface area contributed by atoms with Crippen molar-refractivity contribution in [2.75, 3.05) is 31.1 Å². The summed E-state index contributed by atoms with van der Waals surface area (Å²) in [5, 5.41) is 10.5. The van der Waals surface area contributed by atoms with E-state index < -0.39 is 0 Å². The lowest BCUT2D eigenvalue weighted by molar-refractivity contribution is 0.0694. The van der Waals surface area contributed by atoms with E-state index in [-0.39, 0.29) is 11.9 Å². The molecule has 3 amide bonds. The third kappa shape index (κ3) is 3.02. The molecule has 0 atom stereocenters. The fourth-order valence-corrected chi connectivity index (χ4v) is 3.68. The van der Waals surface area contributed by atoms with E-state index in [1.165, 1.54) is 0 Å². The van der Waals surface area contributed by atoms with Gasteiger partial charge in [-0.3, -0.25) is 9.69 Å². The van der Waals surface area contributed by atoms with E-state index >= 15 is 0 Å². The highest BCUT2D eigenvalue weighted by atomic mass is 16.2. The summed E-state index contributed by atoms with van der Waals surface area (Å²) in [6, 6.07) is 5.84. The summed E-state index contributed by atoms with van der Waals surface area (Å²) in [6.45, 7) is 4.62. The van der Waals surface area contributed by atoms with Crippen molar-refractivity contribution in [3.05, 3.63) is 42.0 Å². The van der Waals surface area contributed by atoms with Crippen LogP contribution in [0.5, 0.6) is 0 Å². The lowest BCUT2D eigenvalue weighted by Crippen LogP contribution is -2.39. The van der Waals surface area contributed by atoms with Crippen molar-refractivity contribution in [3.63, 3.8) is 0 Å². The first-order valence-electron chi connectivity index (χ1n) is 8.93. The van der Waals surface area contributed by atoms with Crippen molar-refractivity contribution in [1.29, 1.82) is 0 Å². The molecule has 2 aliphatic rings. The number of hydrogen-bond donors (Lipinski definition) is 1. The Morgan fingerprint density at radius 1 is 1.15 bits per heavy atom. The molecule has 136 valence electrons. The van der Waals surface area contributed by atoms with Gasteiger partial charge in [0.2, 0.25) is 0 Å². The number of urea groups is 1. The Hall–Kier alpha value is -2.90. The van der Waals surface area contributed by atoms with Gasteiger partial charge in [-0.2, -0.15) is 0 Å². The number of hydrogen-bond acceptors (Lipinski definition) is 4. The largest absolute Gasteiger partial charge is 0.338 e. The molecule has 0 bridgehead atoms. The number of nitrogens with zero attached hydrogens (tertiary/aromatic N) is 5. The molecule has 3 heterocycles. The van der Waals surface area contributed by atoms with E-state index in [0.717, 1.165) is 24.1 Å².